The lowest BCUT2D eigenvalue weighted by molar-refractivity contribution is -0.119. The first-order chi connectivity index (χ1) is 3.66. The molecule has 0 rings (SSSR count). The van der Waals surface area contributed by atoms with Crippen LogP contribution in [0.2, 0.25) is 0 Å². The Kier molecular flexibility index (Phi) is 3.69. The Labute approximate surface area is 55.2 Å². The van der Waals surface area contributed by atoms with Crippen LogP contribution in [0.15, 0.2) is 0 Å². The topological polar surface area (TPSA) is 29.1 Å². The van der Waals surface area contributed by atoms with Crippen LogP contribution in [-0.2, 0) is 4.79 Å². The summed E-state index contributed by atoms with van der Waals surface area (Å²) in [6.07, 6.45) is 0.559. The molecule has 0 heterocycles. The van der Waals surface area contributed by atoms with Crippen LogP contribution in [0.4, 0.5) is 0 Å². The summed E-state index contributed by atoms with van der Waals surface area (Å²) in [5.41, 5.74) is 0. The monoisotopic (exact) mass is 133 g/mol. The average molecular weight is 133 g/mol. The molecular weight excluding hydrogens is 122 g/mol. The van der Waals surface area contributed by atoms with E-state index in [1.165, 1.54) is 0 Å². The minimum Gasteiger partial charge on any atom is -0.303 e. The summed E-state index contributed by atoms with van der Waals surface area (Å²) < 4.78 is 2.25. The summed E-state index contributed by atoms with van der Waals surface area (Å²) in [6.45, 7) is 3.98. The van der Waals surface area contributed by atoms with Gasteiger partial charge in [0, 0.05) is 6.42 Å². The molecule has 0 aliphatic rings. The molecule has 0 fully saturated rings. The minimum absolute atomic E-state index is 0.0108. The smallest absolute Gasteiger partial charge is 0.229 e. The third kappa shape index (κ3) is 3.99. The molecule has 0 aromatic carbocycles. The van der Waals surface area contributed by atoms with Crippen LogP contribution in [0.1, 0.15) is 20.3 Å². The number of hydrogen-bond donors (Lipinski definition) is 2. The SMILES string of the molecule is CC(C)CC(=O)NS. The van der Waals surface area contributed by atoms with Crippen molar-refractivity contribution < 1.29 is 4.79 Å². The highest BCUT2D eigenvalue weighted by Gasteiger charge is 1.99. The molecule has 0 saturated heterocycles. The molecule has 0 spiro atoms. The first-order valence-electron chi connectivity index (χ1n) is 2.59. The van der Waals surface area contributed by atoms with Crippen molar-refractivity contribution in [1.29, 1.82) is 0 Å². The Morgan fingerprint density at radius 2 is 2.25 bits per heavy atom. The highest BCUT2D eigenvalue weighted by molar-refractivity contribution is 7.78. The molecule has 8 heavy (non-hydrogen) atoms. The number of carbonyl (C=O) groups excluding carboxylic acids is 1. The zero-order valence-electron chi connectivity index (χ0n) is 5.14. The van der Waals surface area contributed by atoms with E-state index in [-0.39, 0.29) is 5.91 Å². The van der Waals surface area contributed by atoms with Crippen molar-refractivity contribution in [3.8, 4) is 0 Å². The average Bonchev–Trinajstić information content (AvgIpc) is 1.65. The van der Waals surface area contributed by atoms with Crippen LogP contribution in [-0.4, -0.2) is 5.91 Å². The van der Waals surface area contributed by atoms with Gasteiger partial charge in [0.05, 0.1) is 0 Å². The molecule has 0 aromatic heterocycles. The van der Waals surface area contributed by atoms with E-state index < -0.39 is 0 Å². The van der Waals surface area contributed by atoms with Gasteiger partial charge in [0.1, 0.15) is 0 Å². The molecule has 2 nitrogen and oxygen atoms in total. The number of carbonyl (C=O) groups is 1. The minimum atomic E-state index is -0.0108. The predicted octanol–water partition coefficient (Wildman–Crippen LogP) is 0.994. The Balaban J connectivity index is 3.25. The Bertz CT molecular complexity index is 82.5. The molecule has 48 valence electrons. The lowest BCUT2D eigenvalue weighted by atomic mass is 10.1. The van der Waals surface area contributed by atoms with Crippen molar-refractivity contribution in [2.45, 2.75) is 20.3 Å². The van der Waals surface area contributed by atoms with Crippen molar-refractivity contribution in [1.82, 2.24) is 4.72 Å². The second kappa shape index (κ2) is 3.78. The van der Waals surface area contributed by atoms with Crippen LogP contribution >= 0.6 is 12.8 Å². The van der Waals surface area contributed by atoms with Gasteiger partial charge in [0.2, 0.25) is 5.91 Å². The van der Waals surface area contributed by atoms with Gasteiger partial charge in [0.15, 0.2) is 0 Å². The fraction of sp³-hybridized carbons (Fsp3) is 0.800. The zero-order valence-corrected chi connectivity index (χ0v) is 6.03. The highest BCUT2D eigenvalue weighted by atomic mass is 32.1. The Hall–Kier alpha value is -0.180. The van der Waals surface area contributed by atoms with Gasteiger partial charge >= 0.3 is 0 Å². The summed E-state index contributed by atoms with van der Waals surface area (Å²) in [5.74, 6) is 0.408. The number of hydrogen-bond acceptors (Lipinski definition) is 2. The predicted molar refractivity (Wildman–Crippen MR) is 36.6 cm³/mol. The Morgan fingerprint density at radius 3 is 2.38 bits per heavy atom. The van der Waals surface area contributed by atoms with Gasteiger partial charge < -0.3 is 4.72 Å². The lowest BCUT2D eigenvalue weighted by Gasteiger charge is -1.99. The molecule has 0 bridgehead atoms. The third-order valence-electron chi connectivity index (χ3n) is 0.718. The summed E-state index contributed by atoms with van der Waals surface area (Å²) in [7, 11) is 0. The fourth-order valence-electron chi connectivity index (χ4n) is 0.416. The normalized spacial score (nSPS) is 9.50. The van der Waals surface area contributed by atoms with Crippen LogP contribution in [0.5, 0.6) is 0 Å². The van der Waals surface area contributed by atoms with E-state index in [9.17, 15) is 4.79 Å². The number of nitrogens with one attached hydrogen (secondary N) is 1. The van der Waals surface area contributed by atoms with E-state index in [0.29, 0.717) is 12.3 Å². The number of amides is 1. The van der Waals surface area contributed by atoms with Crippen molar-refractivity contribution >= 4 is 18.7 Å². The molecule has 0 atom stereocenters. The molecule has 1 amide bonds. The largest absolute Gasteiger partial charge is 0.303 e. The summed E-state index contributed by atoms with van der Waals surface area (Å²) in [6, 6.07) is 0. The summed E-state index contributed by atoms with van der Waals surface area (Å²) in [5, 5.41) is 0. The maximum atomic E-state index is 10.4. The summed E-state index contributed by atoms with van der Waals surface area (Å²) in [4.78, 5) is 10.4. The van der Waals surface area contributed by atoms with Gasteiger partial charge in [-0.15, -0.1) is 0 Å². The molecular formula is C5H11NOS. The molecule has 0 saturated carbocycles. The van der Waals surface area contributed by atoms with Gasteiger partial charge in [0.25, 0.3) is 0 Å². The summed E-state index contributed by atoms with van der Waals surface area (Å²) >= 11 is 3.59. The number of thiol groups is 1. The fourth-order valence-corrected chi connectivity index (χ4v) is 0.508. The van der Waals surface area contributed by atoms with Crippen molar-refractivity contribution in [3.63, 3.8) is 0 Å². The first-order valence-corrected chi connectivity index (χ1v) is 3.04. The van der Waals surface area contributed by atoms with Crippen molar-refractivity contribution in [3.05, 3.63) is 0 Å². The van der Waals surface area contributed by atoms with E-state index >= 15 is 0 Å². The molecule has 0 unspecified atom stereocenters. The molecule has 0 aliphatic heterocycles. The maximum absolute atomic E-state index is 10.4. The third-order valence-corrected chi connectivity index (χ3v) is 0.968. The second-order valence-electron chi connectivity index (χ2n) is 2.13. The van der Waals surface area contributed by atoms with E-state index in [1.807, 2.05) is 13.8 Å². The van der Waals surface area contributed by atoms with Crippen LogP contribution in [0.3, 0.4) is 0 Å². The van der Waals surface area contributed by atoms with E-state index in [0.717, 1.165) is 0 Å². The molecule has 0 radical (unpaired) electrons. The van der Waals surface area contributed by atoms with Crippen LogP contribution in [0, 0.1) is 5.92 Å². The standard InChI is InChI=1S/C5H11NOS/c1-4(2)3-5(7)6-8/h4,8H,3H2,1-2H3,(H,6,7). The number of rotatable bonds is 2. The maximum Gasteiger partial charge on any atom is 0.229 e. The molecule has 0 aromatic rings. The van der Waals surface area contributed by atoms with Gasteiger partial charge in [-0.2, -0.15) is 0 Å². The molecule has 1 N–H and O–H groups in total. The van der Waals surface area contributed by atoms with Gasteiger partial charge in [-0.25, -0.2) is 0 Å². The van der Waals surface area contributed by atoms with Crippen LogP contribution in [0.25, 0.3) is 0 Å². The van der Waals surface area contributed by atoms with E-state index in [1.54, 1.807) is 0 Å². The van der Waals surface area contributed by atoms with Gasteiger partial charge in [-0.1, -0.05) is 26.7 Å². The lowest BCUT2D eigenvalue weighted by Crippen LogP contribution is -2.14. The highest BCUT2D eigenvalue weighted by Crippen LogP contribution is 1.97. The van der Waals surface area contributed by atoms with Gasteiger partial charge in [-0.05, 0) is 5.92 Å². The Morgan fingerprint density at radius 1 is 1.75 bits per heavy atom. The molecule has 0 aliphatic carbocycles. The zero-order chi connectivity index (χ0) is 6.57. The van der Waals surface area contributed by atoms with Crippen molar-refractivity contribution in [2.75, 3.05) is 0 Å². The van der Waals surface area contributed by atoms with E-state index in [4.69, 9.17) is 0 Å². The quantitative estimate of drug-likeness (QED) is 0.540. The van der Waals surface area contributed by atoms with E-state index in [2.05, 4.69) is 17.5 Å². The van der Waals surface area contributed by atoms with Crippen molar-refractivity contribution in [2.24, 2.45) is 5.92 Å². The molecule has 3 heteroatoms. The first kappa shape index (κ1) is 7.82. The van der Waals surface area contributed by atoms with Gasteiger partial charge in [-0.3, -0.25) is 4.79 Å². The second-order valence-corrected chi connectivity index (χ2v) is 2.36. The van der Waals surface area contributed by atoms with Crippen LogP contribution < -0.4 is 4.72 Å².